The van der Waals surface area contributed by atoms with E-state index in [0.29, 0.717) is 19.4 Å². The Morgan fingerprint density at radius 3 is 1.41 bits per heavy atom. The van der Waals surface area contributed by atoms with Crippen LogP contribution in [0.4, 0.5) is 5.25 Å². The van der Waals surface area contributed by atoms with E-state index in [-0.39, 0.29) is 0 Å². The van der Waals surface area contributed by atoms with Crippen molar-refractivity contribution in [2.75, 3.05) is 0 Å². The molecule has 32 heavy (non-hydrogen) atoms. The quantitative estimate of drug-likeness (QED) is 0.244. The van der Waals surface area contributed by atoms with E-state index in [1.165, 1.54) is 11.1 Å². The summed E-state index contributed by atoms with van der Waals surface area (Å²) in [6.45, 7) is 3.77. The van der Waals surface area contributed by atoms with E-state index < -0.39 is 25.1 Å². The van der Waals surface area contributed by atoms with Crippen molar-refractivity contribution in [2.24, 2.45) is 0 Å². The number of hydrogen-bond acceptors (Lipinski definition) is 0. The van der Waals surface area contributed by atoms with Gasteiger partial charge in [0.25, 0.3) is 0 Å². The molecule has 0 aliphatic heterocycles. The Kier molecular flexibility index (Phi) is 4.42. The number of halogens is 2. The molecule has 0 heterocycles. The minimum absolute atomic E-state index is 0.422. The van der Waals surface area contributed by atoms with Crippen LogP contribution in [-0.4, -0.2) is 5.92 Å². The van der Waals surface area contributed by atoms with Gasteiger partial charge < -0.3 is 0 Å². The Morgan fingerprint density at radius 2 is 0.969 bits per heavy atom. The van der Waals surface area contributed by atoms with Crippen molar-refractivity contribution in [2.45, 2.75) is 25.9 Å². The molecule has 4 aromatic carbocycles. The monoisotopic (exact) mass is 517 g/mol. The molecule has 159 valence electrons. The van der Waals surface area contributed by atoms with Gasteiger partial charge in [-0.3, -0.25) is 0 Å². The molecule has 0 saturated carbocycles. The molecule has 0 fully saturated rings. The van der Waals surface area contributed by atoms with E-state index in [4.69, 9.17) is 0 Å². The number of rotatable bonds is 3. The summed E-state index contributed by atoms with van der Waals surface area (Å²) in [5.74, 6) is -2.36. The summed E-state index contributed by atoms with van der Waals surface area (Å²) < 4.78 is 36.5. The molecular formula is C28H25F2SiZr. The van der Waals surface area contributed by atoms with Crippen molar-refractivity contribution in [1.29, 1.82) is 0 Å². The van der Waals surface area contributed by atoms with Crippen LogP contribution in [-0.2, 0) is 32.0 Å². The second-order valence-electron chi connectivity index (χ2n) is 9.57. The van der Waals surface area contributed by atoms with Crippen LogP contribution < -0.4 is 6.54 Å². The number of fused-ring (bicyclic) bond motifs is 6. The van der Waals surface area contributed by atoms with Gasteiger partial charge in [-0.15, -0.1) is 0 Å². The van der Waals surface area contributed by atoms with Gasteiger partial charge in [-0.2, -0.15) is 0 Å². The van der Waals surface area contributed by atoms with Crippen LogP contribution in [0.1, 0.15) is 22.3 Å². The van der Waals surface area contributed by atoms with Gasteiger partial charge in [-0.25, -0.2) is 0 Å². The second-order valence-corrected chi connectivity index (χ2v) is 34.4. The molecule has 0 atom stereocenters. The van der Waals surface area contributed by atoms with Gasteiger partial charge >= 0.3 is 192 Å². The Hall–Kier alpha value is -2.16. The van der Waals surface area contributed by atoms with Crippen molar-refractivity contribution in [3.8, 4) is 22.3 Å². The molecule has 4 heteroatoms. The Balaban J connectivity index is 1.63. The summed E-state index contributed by atoms with van der Waals surface area (Å²) in [6, 6.07) is 27.8. The summed E-state index contributed by atoms with van der Waals surface area (Å²) in [4.78, 5) is 0. The van der Waals surface area contributed by atoms with E-state index >= 15 is 5.25 Å². The molecule has 4 aromatic rings. The van der Waals surface area contributed by atoms with Crippen LogP contribution >= 0.6 is 0 Å². The molecule has 0 unspecified atom stereocenters. The fraction of sp³-hybridized carbons (Fsp3) is 0.143. The summed E-state index contributed by atoms with van der Waals surface area (Å²) in [6.07, 6.45) is 1.24. The molecule has 0 N–H and O–H groups in total. The van der Waals surface area contributed by atoms with E-state index in [1.807, 2.05) is 61.6 Å². The van der Waals surface area contributed by atoms with E-state index in [0.717, 1.165) is 33.4 Å². The van der Waals surface area contributed by atoms with Crippen LogP contribution in [0.2, 0.25) is 13.1 Å². The van der Waals surface area contributed by atoms with E-state index in [1.54, 1.807) is 12.1 Å². The predicted octanol–water partition coefficient (Wildman–Crippen LogP) is 6.22. The molecule has 0 radical (unpaired) electrons. The fourth-order valence-electron chi connectivity index (χ4n) is 5.94. The van der Waals surface area contributed by atoms with Gasteiger partial charge in [0.2, 0.25) is 0 Å². The first kappa shape index (κ1) is 20.4. The molecule has 0 saturated heterocycles. The molecule has 0 aromatic heterocycles. The standard InChI is InChI=1S/2C13H9.C2H7Si.2FH.Zr/c2*1-3-7-12-10(5-1)9-11-6-2-4-8-13(11)12;1-3-2;;;/h2*1-5,7-8H,9H2;3H,1-2H3;2*1H;/q;;;;;+2/p-2. The van der Waals surface area contributed by atoms with Crippen molar-refractivity contribution < 1.29 is 24.4 Å². The summed E-state index contributed by atoms with van der Waals surface area (Å²) in [7, 11) is 0. The molecular weight excluding hydrogens is 494 g/mol. The summed E-state index contributed by atoms with van der Waals surface area (Å²) in [5.41, 5.74) is 8.39. The molecule has 0 amide bonds. The first-order valence-corrected chi connectivity index (χ1v) is 22.8. The topological polar surface area (TPSA) is 0 Å². The molecule has 0 nitrogen and oxygen atoms in total. The zero-order valence-electron chi connectivity index (χ0n) is 18.3. The van der Waals surface area contributed by atoms with Gasteiger partial charge in [0.1, 0.15) is 0 Å². The predicted molar refractivity (Wildman–Crippen MR) is 130 cm³/mol. The molecule has 0 bridgehead atoms. The number of hydrogen-bond donors (Lipinski definition) is 0. The molecule has 6 rings (SSSR count). The third kappa shape index (κ3) is 2.60. The Bertz CT molecular complexity index is 1310. The average Bonchev–Trinajstić information content (AvgIpc) is 3.37. The van der Waals surface area contributed by atoms with E-state index in [9.17, 15) is 0 Å². The SMILES string of the molecule is C[SiH](C)[Zr]([F])([F])([c]1cccc2c1Cc1ccccc1-2)[c]1cccc2c1Cc1ccccc1-2. The van der Waals surface area contributed by atoms with E-state index in [2.05, 4.69) is 24.3 Å². The molecule has 2 aliphatic rings. The van der Waals surface area contributed by atoms with Crippen molar-refractivity contribution >= 4 is 12.5 Å². The van der Waals surface area contributed by atoms with Crippen LogP contribution in [0.5, 0.6) is 0 Å². The van der Waals surface area contributed by atoms with Crippen LogP contribution in [0.15, 0.2) is 84.9 Å². The molecule has 0 spiro atoms. The third-order valence-electron chi connectivity index (χ3n) is 7.70. The second kappa shape index (κ2) is 6.92. The Morgan fingerprint density at radius 1 is 0.562 bits per heavy atom. The fourth-order valence-corrected chi connectivity index (χ4v) is 26.1. The van der Waals surface area contributed by atoms with Gasteiger partial charge in [-0.1, -0.05) is 0 Å². The summed E-state index contributed by atoms with van der Waals surface area (Å²) >= 11 is -6.52. The Labute approximate surface area is 191 Å². The van der Waals surface area contributed by atoms with Gasteiger partial charge in [0, 0.05) is 0 Å². The van der Waals surface area contributed by atoms with Gasteiger partial charge in [0.05, 0.1) is 0 Å². The first-order valence-electron chi connectivity index (χ1n) is 11.4. The zero-order valence-corrected chi connectivity index (χ0v) is 21.9. The average molecular weight is 519 g/mol. The van der Waals surface area contributed by atoms with Crippen molar-refractivity contribution in [3.05, 3.63) is 107 Å². The van der Waals surface area contributed by atoms with Crippen molar-refractivity contribution in [3.63, 3.8) is 0 Å². The minimum atomic E-state index is -6.52. The van der Waals surface area contributed by atoms with Crippen LogP contribution in [0, 0.1) is 0 Å². The number of benzene rings is 4. The molecule has 2 aliphatic carbocycles. The maximum atomic E-state index is 17.8. The van der Waals surface area contributed by atoms with Gasteiger partial charge in [-0.05, 0) is 0 Å². The maximum absolute atomic E-state index is 17.8. The van der Waals surface area contributed by atoms with Crippen LogP contribution in [0.25, 0.3) is 22.3 Å². The van der Waals surface area contributed by atoms with Gasteiger partial charge in [0.15, 0.2) is 0 Å². The van der Waals surface area contributed by atoms with Crippen molar-refractivity contribution in [1.82, 2.24) is 0 Å². The van der Waals surface area contributed by atoms with Crippen LogP contribution in [0.3, 0.4) is 0 Å². The third-order valence-corrected chi connectivity index (χ3v) is 35.5. The zero-order chi connectivity index (χ0) is 22.1. The normalized spacial score (nSPS) is 15.0. The first-order chi connectivity index (χ1) is 15.4. The summed E-state index contributed by atoms with van der Waals surface area (Å²) in [5, 5.41) is 0.